The molecule has 2 N–H and O–H groups in total. The summed E-state index contributed by atoms with van der Waals surface area (Å²) in [6.07, 6.45) is 0. The molecular formula is C19H20ClN3O3. The van der Waals surface area contributed by atoms with E-state index in [4.69, 9.17) is 16.3 Å². The fraction of sp³-hybridized carbons (Fsp3) is 0.263. The van der Waals surface area contributed by atoms with Gasteiger partial charge in [0, 0.05) is 5.69 Å². The molecule has 0 fully saturated rings. The quantitative estimate of drug-likeness (QED) is 0.692. The molecule has 0 aliphatic carbocycles. The molecule has 1 aromatic heterocycles. The van der Waals surface area contributed by atoms with Gasteiger partial charge in [-0.3, -0.25) is 9.36 Å². The Morgan fingerprint density at radius 3 is 2.77 bits per heavy atom. The van der Waals surface area contributed by atoms with Crippen molar-refractivity contribution in [2.24, 2.45) is 5.92 Å². The molecule has 0 aliphatic heterocycles. The molecule has 3 aromatic rings. The summed E-state index contributed by atoms with van der Waals surface area (Å²) < 4.78 is 7.01. The fourth-order valence-corrected chi connectivity index (χ4v) is 2.80. The standard InChI is InChI=1S/C19H20ClN3O3/c1-12(2)11-26-17-8-7-13(9-14(17)20)21-18(24)10-23-16-6-4-3-5-15(16)22-19(23)25/h3-9,12H,10-11H2,1-2H3,(H,21,24)(H,22,25). The van der Waals surface area contributed by atoms with Crippen LogP contribution in [0.5, 0.6) is 5.75 Å². The summed E-state index contributed by atoms with van der Waals surface area (Å²) in [7, 11) is 0. The van der Waals surface area contributed by atoms with E-state index in [0.717, 1.165) is 0 Å². The third-order valence-electron chi connectivity index (χ3n) is 3.77. The van der Waals surface area contributed by atoms with E-state index in [1.54, 1.807) is 30.3 Å². The molecule has 6 nitrogen and oxygen atoms in total. The minimum Gasteiger partial charge on any atom is -0.492 e. The molecular weight excluding hydrogens is 354 g/mol. The van der Waals surface area contributed by atoms with Gasteiger partial charge in [0.2, 0.25) is 5.91 Å². The van der Waals surface area contributed by atoms with Crippen molar-refractivity contribution in [1.82, 2.24) is 9.55 Å². The molecule has 3 rings (SSSR count). The normalized spacial score (nSPS) is 11.1. The number of anilines is 1. The van der Waals surface area contributed by atoms with E-state index in [9.17, 15) is 9.59 Å². The van der Waals surface area contributed by atoms with Gasteiger partial charge >= 0.3 is 5.69 Å². The summed E-state index contributed by atoms with van der Waals surface area (Å²) in [6.45, 7) is 4.57. The SMILES string of the molecule is CC(C)COc1ccc(NC(=O)Cn2c(=O)[nH]c3ccccc32)cc1Cl. The summed E-state index contributed by atoms with van der Waals surface area (Å²) in [4.78, 5) is 27.1. The van der Waals surface area contributed by atoms with E-state index in [1.807, 2.05) is 12.1 Å². The number of benzene rings is 2. The summed E-state index contributed by atoms with van der Waals surface area (Å²) in [6, 6.07) is 12.3. The number of H-pyrrole nitrogens is 1. The number of aromatic nitrogens is 2. The number of rotatable bonds is 6. The first-order valence-electron chi connectivity index (χ1n) is 8.34. The van der Waals surface area contributed by atoms with E-state index in [1.165, 1.54) is 4.57 Å². The number of amides is 1. The molecule has 26 heavy (non-hydrogen) atoms. The van der Waals surface area contributed by atoms with Crippen LogP contribution in [0.3, 0.4) is 0 Å². The molecule has 0 unspecified atom stereocenters. The number of halogens is 1. The largest absolute Gasteiger partial charge is 0.492 e. The Bertz CT molecular complexity index is 991. The number of para-hydroxylation sites is 2. The van der Waals surface area contributed by atoms with Gasteiger partial charge in [0.1, 0.15) is 12.3 Å². The van der Waals surface area contributed by atoms with E-state index in [-0.39, 0.29) is 18.1 Å². The lowest BCUT2D eigenvalue weighted by molar-refractivity contribution is -0.116. The second-order valence-electron chi connectivity index (χ2n) is 6.43. The van der Waals surface area contributed by atoms with Gasteiger partial charge < -0.3 is 15.0 Å². The van der Waals surface area contributed by atoms with Crippen molar-refractivity contribution in [2.75, 3.05) is 11.9 Å². The zero-order valence-corrected chi connectivity index (χ0v) is 15.3. The van der Waals surface area contributed by atoms with Gasteiger partial charge in [-0.15, -0.1) is 0 Å². The van der Waals surface area contributed by atoms with Crippen molar-refractivity contribution in [3.8, 4) is 5.75 Å². The number of ether oxygens (including phenoxy) is 1. The minimum atomic E-state index is -0.322. The number of nitrogens with zero attached hydrogens (tertiary/aromatic N) is 1. The number of hydrogen-bond acceptors (Lipinski definition) is 3. The molecule has 0 spiro atoms. The molecule has 0 saturated carbocycles. The molecule has 0 saturated heterocycles. The maximum Gasteiger partial charge on any atom is 0.326 e. The lowest BCUT2D eigenvalue weighted by atomic mass is 10.2. The van der Waals surface area contributed by atoms with Crippen molar-refractivity contribution in [2.45, 2.75) is 20.4 Å². The third-order valence-corrected chi connectivity index (χ3v) is 4.07. The Morgan fingerprint density at radius 2 is 2.04 bits per heavy atom. The van der Waals surface area contributed by atoms with Crippen LogP contribution in [0.15, 0.2) is 47.3 Å². The number of carbonyl (C=O) groups is 1. The lowest BCUT2D eigenvalue weighted by Crippen LogP contribution is -2.25. The number of nitrogens with one attached hydrogen (secondary N) is 2. The van der Waals surface area contributed by atoms with Crippen molar-refractivity contribution in [3.05, 3.63) is 58.0 Å². The second kappa shape index (κ2) is 7.66. The number of imidazole rings is 1. The summed E-state index contributed by atoms with van der Waals surface area (Å²) in [5.41, 5.74) is 1.60. The lowest BCUT2D eigenvalue weighted by Gasteiger charge is -2.12. The Balaban J connectivity index is 1.71. The average Bonchev–Trinajstić information content (AvgIpc) is 2.89. The Labute approximate surface area is 155 Å². The monoisotopic (exact) mass is 373 g/mol. The van der Waals surface area contributed by atoms with Crippen LogP contribution in [-0.2, 0) is 11.3 Å². The van der Waals surface area contributed by atoms with Crippen molar-refractivity contribution >= 4 is 34.2 Å². The van der Waals surface area contributed by atoms with Crippen LogP contribution >= 0.6 is 11.6 Å². The zero-order chi connectivity index (χ0) is 18.7. The molecule has 2 aromatic carbocycles. The number of hydrogen-bond donors (Lipinski definition) is 2. The van der Waals surface area contributed by atoms with Crippen molar-refractivity contribution in [3.63, 3.8) is 0 Å². The first-order valence-corrected chi connectivity index (χ1v) is 8.71. The highest BCUT2D eigenvalue weighted by Gasteiger charge is 2.11. The molecule has 7 heteroatoms. The minimum absolute atomic E-state index is 0.0912. The van der Waals surface area contributed by atoms with Crippen LogP contribution in [0, 0.1) is 5.92 Å². The van der Waals surface area contributed by atoms with Gasteiger partial charge in [-0.1, -0.05) is 37.6 Å². The van der Waals surface area contributed by atoms with Crippen molar-refractivity contribution < 1.29 is 9.53 Å². The van der Waals surface area contributed by atoms with Gasteiger partial charge in [-0.2, -0.15) is 0 Å². The van der Waals surface area contributed by atoms with E-state index >= 15 is 0 Å². The highest BCUT2D eigenvalue weighted by atomic mass is 35.5. The van der Waals surface area contributed by atoms with Gasteiger partial charge in [-0.05, 0) is 36.2 Å². The van der Waals surface area contributed by atoms with Crippen LogP contribution in [0.25, 0.3) is 11.0 Å². The van der Waals surface area contributed by atoms with Crippen LogP contribution < -0.4 is 15.7 Å². The Kier molecular flexibility index (Phi) is 5.32. The summed E-state index contributed by atoms with van der Waals surface area (Å²) >= 11 is 6.21. The zero-order valence-electron chi connectivity index (χ0n) is 14.6. The van der Waals surface area contributed by atoms with E-state index in [2.05, 4.69) is 24.1 Å². The smallest absolute Gasteiger partial charge is 0.326 e. The highest BCUT2D eigenvalue weighted by Crippen LogP contribution is 2.28. The van der Waals surface area contributed by atoms with Gasteiger partial charge in [0.15, 0.2) is 0 Å². The highest BCUT2D eigenvalue weighted by molar-refractivity contribution is 6.32. The molecule has 136 valence electrons. The molecule has 0 bridgehead atoms. The number of aromatic amines is 1. The topological polar surface area (TPSA) is 76.1 Å². The summed E-state index contributed by atoms with van der Waals surface area (Å²) in [5, 5.41) is 3.18. The predicted molar refractivity (Wildman–Crippen MR) is 103 cm³/mol. The number of fused-ring (bicyclic) bond motifs is 1. The van der Waals surface area contributed by atoms with Crippen LogP contribution in [0.1, 0.15) is 13.8 Å². The molecule has 1 amide bonds. The Morgan fingerprint density at radius 1 is 1.27 bits per heavy atom. The molecule has 0 atom stereocenters. The molecule has 0 radical (unpaired) electrons. The first kappa shape index (κ1) is 18.1. The van der Waals surface area contributed by atoms with Crippen molar-refractivity contribution in [1.29, 1.82) is 0 Å². The van der Waals surface area contributed by atoms with E-state index < -0.39 is 0 Å². The molecule has 0 aliphatic rings. The first-order chi connectivity index (χ1) is 12.4. The molecule has 1 heterocycles. The van der Waals surface area contributed by atoms with Crippen LogP contribution in [0.2, 0.25) is 5.02 Å². The Hall–Kier alpha value is -2.73. The van der Waals surface area contributed by atoms with Crippen LogP contribution in [-0.4, -0.2) is 22.1 Å². The second-order valence-corrected chi connectivity index (χ2v) is 6.84. The van der Waals surface area contributed by atoms with Gasteiger partial charge in [0.05, 0.1) is 22.7 Å². The van der Waals surface area contributed by atoms with Gasteiger partial charge in [0.25, 0.3) is 0 Å². The van der Waals surface area contributed by atoms with Gasteiger partial charge in [-0.25, -0.2) is 4.79 Å². The fourth-order valence-electron chi connectivity index (χ4n) is 2.56. The average molecular weight is 374 g/mol. The predicted octanol–water partition coefficient (Wildman–Crippen LogP) is 3.66. The maximum absolute atomic E-state index is 12.3. The van der Waals surface area contributed by atoms with E-state index in [0.29, 0.717) is 40.0 Å². The van der Waals surface area contributed by atoms with Crippen LogP contribution in [0.4, 0.5) is 5.69 Å². The third kappa shape index (κ3) is 4.08. The number of carbonyl (C=O) groups excluding carboxylic acids is 1. The maximum atomic E-state index is 12.3. The summed E-state index contributed by atoms with van der Waals surface area (Å²) in [5.74, 6) is 0.648.